The molecule has 3 aromatic rings. The van der Waals surface area contributed by atoms with Gasteiger partial charge in [-0.1, -0.05) is 37.9 Å². The third-order valence-corrected chi connectivity index (χ3v) is 10.3. The van der Waals surface area contributed by atoms with Crippen LogP contribution in [0.4, 0.5) is 13.2 Å². The van der Waals surface area contributed by atoms with E-state index < -0.39 is 56.0 Å². The number of carbonyl (C=O) groups excluding carboxylic acids is 1. The molecular weight excluding hydrogens is 715 g/mol. The van der Waals surface area contributed by atoms with Crippen LogP contribution in [0.3, 0.4) is 0 Å². The lowest BCUT2D eigenvalue weighted by atomic mass is 9.84. The number of halogens is 5. The summed E-state index contributed by atoms with van der Waals surface area (Å²) in [5, 5.41) is 0. The van der Waals surface area contributed by atoms with Crippen molar-refractivity contribution in [2.45, 2.75) is 15.9 Å². The summed E-state index contributed by atoms with van der Waals surface area (Å²) in [6.07, 6.45) is 1.89. The molecule has 0 saturated carbocycles. The topological polar surface area (TPSA) is 97.8 Å². The highest BCUT2D eigenvalue weighted by Gasteiger charge is 2.38. The van der Waals surface area contributed by atoms with Gasteiger partial charge < -0.3 is 0 Å². The molecule has 1 aliphatic carbocycles. The molecule has 7 nitrogen and oxygen atoms in total. The summed E-state index contributed by atoms with van der Waals surface area (Å²) in [5.74, 6) is -5.77. The first-order chi connectivity index (χ1) is 19.3. The predicted octanol–water partition coefficient (Wildman–Crippen LogP) is 5.88. The van der Waals surface area contributed by atoms with E-state index in [1.54, 1.807) is 0 Å². The molecule has 0 radical (unpaired) electrons. The number of ketones is 1. The van der Waals surface area contributed by atoms with Crippen molar-refractivity contribution in [2.24, 2.45) is 0 Å². The van der Waals surface area contributed by atoms with Crippen LogP contribution >= 0.6 is 31.9 Å². The lowest BCUT2D eigenvalue weighted by Gasteiger charge is -2.32. The van der Waals surface area contributed by atoms with Crippen LogP contribution in [-0.4, -0.2) is 39.6 Å². The molecule has 0 spiro atoms. The molecule has 14 heteroatoms. The number of hydrogen-bond acceptors (Lipinski definition) is 6. The molecule has 5 rings (SSSR count). The number of benzene rings is 3. The van der Waals surface area contributed by atoms with Crippen LogP contribution in [0.5, 0.6) is 0 Å². The van der Waals surface area contributed by atoms with Crippen molar-refractivity contribution in [3.63, 3.8) is 0 Å². The molecule has 3 aromatic carbocycles. The van der Waals surface area contributed by atoms with E-state index in [-0.39, 0.29) is 32.1 Å². The van der Waals surface area contributed by atoms with Crippen molar-refractivity contribution in [3.8, 4) is 0 Å². The first-order valence-corrected chi connectivity index (χ1v) is 16.0. The lowest BCUT2D eigenvalue weighted by molar-refractivity contribution is -0.120. The highest BCUT2D eigenvalue weighted by atomic mass is 79.9. The fraction of sp³-hybridized carbons (Fsp3) is 0.0741. The summed E-state index contributed by atoms with van der Waals surface area (Å²) in [5.41, 5.74) is -0.694. The molecule has 0 N–H and O–H groups in total. The summed E-state index contributed by atoms with van der Waals surface area (Å²) < 4.78 is 102. The Morgan fingerprint density at radius 2 is 1.37 bits per heavy atom. The number of Topliss-reactive ketones (excluding diaryl/α,β-unsaturated/α-hetero) is 1. The van der Waals surface area contributed by atoms with Gasteiger partial charge in [0.2, 0.25) is 0 Å². The quantitative estimate of drug-likeness (QED) is 0.232. The molecule has 1 unspecified atom stereocenters. The van der Waals surface area contributed by atoms with Crippen LogP contribution in [0.25, 0.3) is 5.57 Å². The number of carbonyl (C=O) groups is 1. The van der Waals surface area contributed by atoms with Gasteiger partial charge in [0.05, 0.1) is 16.3 Å². The zero-order valence-corrected chi connectivity index (χ0v) is 25.2. The van der Waals surface area contributed by atoms with E-state index in [2.05, 4.69) is 31.9 Å². The molecule has 212 valence electrons. The van der Waals surface area contributed by atoms with Gasteiger partial charge in [0.15, 0.2) is 29.3 Å². The normalized spacial score (nSPS) is 17.5. The maximum absolute atomic E-state index is 14.3. The predicted molar refractivity (Wildman–Crippen MR) is 150 cm³/mol. The van der Waals surface area contributed by atoms with Crippen molar-refractivity contribution in [2.75, 3.05) is 6.54 Å². The average molecular weight is 731 g/mol. The average Bonchev–Trinajstić information content (AvgIpc) is 2.93. The van der Waals surface area contributed by atoms with Crippen molar-refractivity contribution in [1.82, 2.24) is 4.31 Å². The number of allylic oxidation sites excluding steroid dienone is 2. The summed E-state index contributed by atoms with van der Waals surface area (Å²) in [7, 11) is -8.67. The van der Waals surface area contributed by atoms with Gasteiger partial charge in [-0.05, 0) is 77.9 Å². The number of fused-ring (bicyclic) bond motifs is 1. The van der Waals surface area contributed by atoms with Gasteiger partial charge in [-0.15, -0.1) is 0 Å². The summed E-state index contributed by atoms with van der Waals surface area (Å²) in [4.78, 5) is 13.3. The third kappa shape index (κ3) is 5.71. The Morgan fingerprint density at radius 1 is 0.829 bits per heavy atom. The lowest BCUT2D eigenvalue weighted by Crippen LogP contribution is -2.37. The van der Waals surface area contributed by atoms with Crippen LogP contribution in [-0.2, 0) is 29.1 Å². The van der Waals surface area contributed by atoms with E-state index in [4.69, 9.17) is 4.18 Å². The Bertz CT molecular complexity index is 1870. The van der Waals surface area contributed by atoms with Gasteiger partial charge >= 0.3 is 0 Å². The Balaban J connectivity index is 1.62. The zero-order chi connectivity index (χ0) is 29.7. The highest BCUT2D eigenvalue weighted by Crippen LogP contribution is 2.38. The number of hydrogen-bond donors (Lipinski definition) is 0. The van der Waals surface area contributed by atoms with Crippen molar-refractivity contribution >= 4 is 63.4 Å². The van der Waals surface area contributed by atoms with Gasteiger partial charge in [0.1, 0.15) is 0 Å². The van der Waals surface area contributed by atoms with E-state index in [1.807, 2.05) is 0 Å². The number of sulfonamides is 1. The molecule has 1 aliphatic heterocycles. The van der Waals surface area contributed by atoms with Crippen molar-refractivity contribution < 1.29 is 39.0 Å². The monoisotopic (exact) mass is 729 g/mol. The molecule has 0 aromatic heterocycles. The molecule has 0 saturated heterocycles. The van der Waals surface area contributed by atoms with Crippen LogP contribution < -0.4 is 0 Å². The standard InChI is InChI=1S/C27H16Br2F3NO6S2/c28-17-2-6-19(7-3-17)40(35,36)33-13-15-1-10-24(39-41(37,38)20-8-4-18(29)5-9-20)27(34)25(15)21(14-33)16-11-22(30)26(32)23(31)12-16/h1-13,24H,14H2. The summed E-state index contributed by atoms with van der Waals surface area (Å²) in [6, 6.07) is 12.4. The Morgan fingerprint density at radius 3 is 1.93 bits per heavy atom. The molecule has 41 heavy (non-hydrogen) atoms. The molecule has 0 fully saturated rings. The Hall–Kier alpha value is -3.04. The van der Waals surface area contributed by atoms with Gasteiger partial charge in [-0.25, -0.2) is 21.6 Å². The molecule has 0 bridgehead atoms. The molecule has 1 atom stereocenters. The van der Waals surface area contributed by atoms with E-state index in [0.29, 0.717) is 21.1 Å². The van der Waals surface area contributed by atoms with E-state index in [0.717, 1.165) is 16.6 Å². The van der Waals surface area contributed by atoms with Gasteiger partial charge in [-0.2, -0.15) is 8.42 Å². The smallest absolute Gasteiger partial charge is 0.291 e. The van der Waals surface area contributed by atoms with Crippen LogP contribution in [0.1, 0.15) is 5.56 Å². The maximum atomic E-state index is 14.3. The minimum Gasteiger partial charge on any atom is -0.291 e. The minimum absolute atomic E-state index is 0.0166. The van der Waals surface area contributed by atoms with E-state index in [1.165, 1.54) is 54.6 Å². The Kier molecular flexibility index (Phi) is 7.89. The molecule has 1 heterocycles. The Labute approximate surface area is 250 Å². The van der Waals surface area contributed by atoms with Gasteiger partial charge in [-0.3, -0.25) is 13.3 Å². The second-order valence-electron chi connectivity index (χ2n) is 8.84. The van der Waals surface area contributed by atoms with Gasteiger partial charge in [0.25, 0.3) is 20.1 Å². The minimum atomic E-state index is -4.44. The van der Waals surface area contributed by atoms with Gasteiger partial charge in [0, 0.05) is 26.3 Å². The summed E-state index contributed by atoms with van der Waals surface area (Å²) in [6.45, 7) is -0.576. The van der Waals surface area contributed by atoms with Crippen molar-refractivity contribution in [1.29, 1.82) is 0 Å². The fourth-order valence-corrected chi connectivity index (χ4v) is 7.08. The maximum Gasteiger partial charge on any atom is 0.297 e. The SMILES string of the molecule is O=C1C2=C(c3cc(F)c(F)c(F)c3)CN(S(=O)(=O)c3ccc(Br)cc3)C=C2C=CC1OS(=O)(=O)c1ccc(Br)cc1. The molecular formula is C27H16Br2F3NO6S2. The van der Waals surface area contributed by atoms with Crippen LogP contribution in [0, 0.1) is 17.5 Å². The van der Waals surface area contributed by atoms with Crippen LogP contribution in [0.2, 0.25) is 0 Å². The third-order valence-electron chi connectivity index (χ3n) is 6.23. The number of rotatable bonds is 6. The first kappa shape index (κ1) is 29.5. The van der Waals surface area contributed by atoms with Crippen LogP contribution in [0.15, 0.2) is 109 Å². The summed E-state index contributed by atoms with van der Waals surface area (Å²) >= 11 is 6.43. The zero-order valence-electron chi connectivity index (χ0n) is 20.4. The highest BCUT2D eigenvalue weighted by molar-refractivity contribution is 9.10. The largest absolute Gasteiger partial charge is 0.297 e. The molecule has 0 amide bonds. The van der Waals surface area contributed by atoms with E-state index in [9.17, 15) is 34.8 Å². The second kappa shape index (κ2) is 11.0. The van der Waals surface area contributed by atoms with E-state index >= 15 is 0 Å². The van der Waals surface area contributed by atoms with Crippen molar-refractivity contribution in [3.05, 3.63) is 122 Å². The molecule has 2 aliphatic rings. The fourth-order valence-electron chi connectivity index (χ4n) is 4.24. The second-order valence-corrected chi connectivity index (χ2v) is 14.1. The first-order valence-electron chi connectivity index (χ1n) is 11.6. The number of nitrogens with zero attached hydrogens (tertiary/aromatic N) is 1.